The zero-order valence-corrected chi connectivity index (χ0v) is 16.3. The summed E-state index contributed by atoms with van der Waals surface area (Å²) in [6.07, 6.45) is 1.79. The number of benzene rings is 2. The smallest absolute Gasteiger partial charge is 0.234 e. The van der Waals surface area contributed by atoms with E-state index >= 15 is 0 Å². The van der Waals surface area contributed by atoms with Crippen molar-refractivity contribution >= 4 is 39.3 Å². The number of para-hydroxylation sites is 1. The Hall–Kier alpha value is -2.38. The number of hydrogen-bond donors (Lipinski definition) is 1. The number of rotatable bonds is 7. The van der Waals surface area contributed by atoms with Gasteiger partial charge >= 0.3 is 0 Å². The minimum Gasteiger partial charge on any atom is -0.324 e. The number of allylic oxidation sites excluding steroid dienone is 1. The number of aromatic nitrogens is 3. The number of hydrogen-bond acceptors (Lipinski definition) is 4. The van der Waals surface area contributed by atoms with Crippen LogP contribution in [0.5, 0.6) is 0 Å². The number of carbonyl (C=O) groups excluding carboxylic acids is 1. The molecule has 0 bridgehead atoms. The van der Waals surface area contributed by atoms with Gasteiger partial charge in [0.25, 0.3) is 0 Å². The maximum Gasteiger partial charge on any atom is 0.234 e. The van der Waals surface area contributed by atoms with Gasteiger partial charge in [-0.05, 0) is 28.1 Å². The Kier molecular flexibility index (Phi) is 6.25. The summed E-state index contributed by atoms with van der Waals surface area (Å²) >= 11 is 4.77. The standard InChI is InChI=1S/C19H17BrN4OS/c1-2-12-24-18(14-8-4-3-5-9-14)22-23-19(24)26-13-17(25)21-16-11-7-6-10-15(16)20/h2-11H,1,12-13H2,(H,21,25). The van der Waals surface area contributed by atoms with Gasteiger partial charge < -0.3 is 5.32 Å². The lowest BCUT2D eigenvalue weighted by atomic mass is 10.2. The van der Waals surface area contributed by atoms with Crippen LogP contribution in [0.4, 0.5) is 5.69 Å². The summed E-state index contributed by atoms with van der Waals surface area (Å²) in [5, 5.41) is 12.1. The van der Waals surface area contributed by atoms with Gasteiger partial charge in [0.2, 0.25) is 5.91 Å². The van der Waals surface area contributed by atoms with Gasteiger partial charge in [-0.2, -0.15) is 0 Å². The summed E-state index contributed by atoms with van der Waals surface area (Å²) in [5.41, 5.74) is 1.72. The zero-order valence-electron chi connectivity index (χ0n) is 13.9. The van der Waals surface area contributed by atoms with Crippen molar-refractivity contribution in [3.05, 3.63) is 71.7 Å². The Labute approximate surface area is 164 Å². The van der Waals surface area contributed by atoms with Gasteiger partial charge in [-0.1, -0.05) is 60.3 Å². The van der Waals surface area contributed by atoms with E-state index in [2.05, 4.69) is 38.0 Å². The van der Waals surface area contributed by atoms with Crippen molar-refractivity contribution in [3.8, 4) is 11.4 Å². The number of amides is 1. The van der Waals surface area contributed by atoms with Crippen LogP contribution in [0.25, 0.3) is 11.4 Å². The molecule has 0 radical (unpaired) electrons. The first-order valence-corrected chi connectivity index (χ1v) is 9.73. The van der Waals surface area contributed by atoms with Crippen LogP contribution in [0.1, 0.15) is 0 Å². The molecule has 5 nitrogen and oxygen atoms in total. The number of nitrogens with one attached hydrogen (secondary N) is 1. The number of halogens is 1. The van der Waals surface area contributed by atoms with Crippen LogP contribution >= 0.6 is 27.7 Å². The molecule has 1 N–H and O–H groups in total. The fraction of sp³-hybridized carbons (Fsp3) is 0.105. The van der Waals surface area contributed by atoms with Crippen molar-refractivity contribution in [1.82, 2.24) is 14.8 Å². The summed E-state index contributed by atoms with van der Waals surface area (Å²) in [7, 11) is 0. The average Bonchev–Trinajstić information content (AvgIpc) is 3.06. The SMILES string of the molecule is C=CCn1c(SCC(=O)Nc2ccccc2Br)nnc1-c1ccccc1. The molecule has 0 aliphatic carbocycles. The molecule has 0 aliphatic rings. The Morgan fingerprint density at radius 2 is 1.88 bits per heavy atom. The topological polar surface area (TPSA) is 59.8 Å². The van der Waals surface area contributed by atoms with E-state index in [4.69, 9.17) is 0 Å². The van der Waals surface area contributed by atoms with E-state index in [1.54, 1.807) is 6.08 Å². The molecule has 0 unspecified atom stereocenters. The maximum absolute atomic E-state index is 12.3. The molecule has 0 saturated heterocycles. The minimum atomic E-state index is -0.101. The summed E-state index contributed by atoms with van der Waals surface area (Å²) in [4.78, 5) is 12.3. The molecule has 2 aromatic carbocycles. The first-order chi connectivity index (χ1) is 12.7. The van der Waals surface area contributed by atoms with Crippen LogP contribution in [-0.4, -0.2) is 26.4 Å². The highest BCUT2D eigenvalue weighted by Gasteiger charge is 2.15. The third kappa shape index (κ3) is 4.42. The van der Waals surface area contributed by atoms with Crippen molar-refractivity contribution in [3.63, 3.8) is 0 Å². The van der Waals surface area contributed by atoms with E-state index in [1.807, 2.05) is 59.2 Å². The minimum absolute atomic E-state index is 0.101. The average molecular weight is 429 g/mol. The normalized spacial score (nSPS) is 10.5. The third-order valence-electron chi connectivity index (χ3n) is 3.54. The number of nitrogens with zero attached hydrogens (tertiary/aromatic N) is 3. The Bertz CT molecular complexity index is 911. The number of thioether (sulfide) groups is 1. The van der Waals surface area contributed by atoms with Crippen molar-refractivity contribution in [1.29, 1.82) is 0 Å². The number of carbonyl (C=O) groups is 1. The van der Waals surface area contributed by atoms with E-state index in [0.717, 1.165) is 21.5 Å². The largest absolute Gasteiger partial charge is 0.324 e. The molecule has 0 spiro atoms. The van der Waals surface area contributed by atoms with Crippen molar-refractivity contribution in [2.75, 3.05) is 11.1 Å². The summed E-state index contributed by atoms with van der Waals surface area (Å²) in [6.45, 7) is 4.38. The van der Waals surface area contributed by atoms with Crippen LogP contribution in [0.3, 0.4) is 0 Å². The van der Waals surface area contributed by atoms with E-state index in [0.29, 0.717) is 11.7 Å². The van der Waals surface area contributed by atoms with Crippen molar-refractivity contribution in [2.45, 2.75) is 11.7 Å². The van der Waals surface area contributed by atoms with E-state index in [-0.39, 0.29) is 11.7 Å². The Morgan fingerprint density at radius 3 is 2.62 bits per heavy atom. The second kappa shape index (κ2) is 8.82. The van der Waals surface area contributed by atoms with Gasteiger partial charge in [-0.3, -0.25) is 9.36 Å². The first-order valence-electron chi connectivity index (χ1n) is 7.95. The molecular weight excluding hydrogens is 412 g/mol. The van der Waals surface area contributed by atoms with Gasteiger partial charge in [0.1, 0.15) is 0 Å². The van der Waals surface area contributed by atoms with Gasteiger partial charge in [0, 0.05) is 16.6 Å². The van der Waals surface area contributed by atoms with Crippen molar-refractivity contribution in [2.24, 2.45) is 0 Å². The molecular formula is C19H17BrN4OS. The molecule has 0 fully saturated rings. The van der Waals surface area contributed by atoms with Gasteiger partial charge in [-0.15, -0.1) is 16.8 Å². The molecule has 3 aromatic rings. The molecule has 132 valence electrons. The van der Waals surface area contributed by atoms with Crippen LogP contribution in [0.2, 0.25) is 0 Å². The van der Waals surface area contributed by atoms with Crippen LogP contribution in [0.15, 0.2) is 76.9 Å². The molecule has 1 heterocycles. The lowest BCUT2D eigenvalue weighted by Crippen LogP contribution is -2.15. The summed E-state index contributed by atoms with van der Waals surface area (Å²) < 4.78 is 2.80. The van der Waals surface area contributed by atoms with E-state index in [9.17, 15) is 4.79 Å². The second-order valence-corrected chi connectivity index (χ2v) is 7.19. The predicted octanol–water partition coefficient (Wildman–Crippen LogP) is 4.62. The molecule has 1 amide bonds. The third-order valence-corrected chi connectivity index (χ3v) is 5.20. The fourth-order valence-corrected chi connectivity index (χ4v) is 3.50. The zero-order chi connectivity index (χ0) is 18.4. The highest BCUT2D eigenvalue weighted by Crippen LogP contribution is 2.25. The Morgan fingerprint density at radius 1 is 1.15 bits per heavy atom. The summed E-state index contributed by atoms with van der Waals surface area (Å²) in [5.74, 6) is 0.904. The van der Waals surface area contributed by atoms with Gasteiger partial charge in [-0.25, -0.2) is 0 Å². The van der Waals surface area contributed by atoms with E-state index < -0.39 is 0 Å². The fourth-order valence-electron chi connectivity index (χ4n) is 2.37. The van der Waals surface area contributed by atoms with Crippen molar-refractivity contribution < 1.29 is 4.79 Å². The monoisotopic (exact) mass is 428 g/mol. The quantitative estimate of drug-likeness (QED) is 0.440. The van der Waals surface area contributed by atoms with E-state index in [1.165, 1.54) is 11.8 Å². The number of anilines is 1. The van der Waals surface area contributed by atoms with Crippen LogP contribution in [-0.2, 0) is 11.3 Å². The Balaban J connectivity index is 1.72. The molecule has 26 heavy (non-hydrogen) atoms. The lowest BCUT2D eigenvalue weighted by Gasteiger charge is -2.09. The predicted molar refractivity (Wildman–Crippen MR) is 109 cm³/mol. The molecule has 3 rings (SSSR count). The highest BCUT2D eigenvalue weighted by atomic mass is 79.9. The lowest BCUT2D eigenvalue weighted by molar-refractivity contribution is -0.113. The molecule has 1 aromatic heterocycles. The van der Waals surface area contributed by atoms with Crippen LogP contribution in [0, 0.1) is 0 Å². The summed E-state index contributed by atoms with van der Waals surface area (Å²) in [6, 6.07) is 17.4. The molecule has 0 atom stereocenters. The van der Waals surface area contributed by atoms with Gasteiger partial charge in [0.05, 0.1) is 11.4 Å². The van der Waals surface area contributed by atoms with Crippen LogP contribution < -0.4 is 5.32 Å². The molecule has 0 saturated carbocycles. The first kappa shape index (κ1) is 18.4. The second-order valence-electron chi connectivity index (χ2n) is 5.39. The molecule has 0 aliphatic heterocycles. The highest BCUT2D eigenvalue weighted by molar-refractivity contribution is 9.10. The molecule has 7 heteroatoms. The van der Waals surface area contributed by atoms with Gasteiger partial charge in [0.15, 0.2) is 11.0 Å². The maximum atomic E-state index is 12.3.